The molecule has 0 atom stereocenters. The lowest BCUT2D eigenvalue weighted by atomic mass is 10.1. The Morgan fingerprint density at radius 3 is 2.73 bits per heavy atom. The Labute approximate surface area is 185 Å². The second-order valence-corrected chi connectivity index (χ2v) is 8.00. The number of nitrogens with zero attached hydrogens (tertiary/aromatic N) is 3. The summed E-state index contributed by atoms with van der Waals surface area (Å²) in [5, 5.41) is 12.7. The fraction of sp³-hybridized carbons (Fsp3) is 0.227. The van der Waals surface area contributed by atoms with Crippen LogP contribution in [0.15, 0.2) is 60.3 Å². The molecule has 1 aromatic heterocycles. The van der Waals surface area contributed by atoms with Gasteiger partial charge < -0.3 is 10.1 Å². The molecular weight excluding hydrogens is 420 g/mol. The lowest BCUT2D eigenvalue weighted by Gasteiger charge is -2.11. The minimum Gasteiger partial charge on any atom is -0.486 e. The number of ether oxygens (including phenoxy) is 1. The summed E-state index contributed by atoms with van der Waals surface area (Å²) in [6.45, 7) is 8.57. The predicted octanol–water partition coefficient (Wildman–Crippen LogP) is 5.04. The van der Waals surface area contributed by atoms with E-state index in [0.717, 1.165) is 16.8 Å². The zero-order valence-electron chi connectivity index (χ0n) is 16.9. The Kier molecular flexibility index (Phi) is 7.54. The van der Waals surface area contributed by atoms with Crippen molar-refractivity contribution in [3.05, 3.63) is 77.1 Å². The Balaban J connectivity index is 1.62. The summed E-state index contributed by atoms with van der Waals surface area (Å²) in [4.78, 5) is 12.4. The number of allylic oxidation sites excluding steroid dienone is 1. The monoisotopic (exact) mass is 442 g/mol. The zero-order valence-corrected chi connectivity index (χ0v) is 18.5. The van der Waals surface area contributed by atoms with Crippen molar-refractivity contribution in [2.75, 3.05) is 11.1 Å². The number of rotatable bonds is 9. The van der Waals surface area contributed by atoms with Gasteiger partial charge in [-0.05, 0) is 55.3 Å². The average Bonchev–Trinajstić information content (AvgIpc) is 3.11. The van der Waals surface area contributed by atoms with E-state index in [1.165, 1.54) is 11.8 Å². The number of carbonyl (C=O) groups is 1. The molecule has 1 heterocycles. The molecule has 0 aliphatic rings. The fourth-order valence-corrected chi connectivity index (χ4v) is 3.62. The third-order valence-electron chi connectivity index (χ3n) is 4.50. The van der Waals surface area contributed by atoms with Gasteiger partial charge in [-0.2, -0.15) is 0 Å². The van der Waals surface area contributed by atoms with Gasteiger partial charge in [-0.15, -0.1) is 16.8 Å². The number of halogens is 1. The van der Waals surface area contributed by atoms with Gasteiger partial charge in [0.2, 0.25) is 5.91 Å². The van der Waals surface area contributed by atoms with Gasteiger partial charge in [-0.25, -0.2) is 0 Å². The first-order valence-electron chi connectivity index (χ1n) is 9.38. The van der Waals surface area contributed by atoms with Crippen molar-refractivity contribution in [1.82, 2.24) is 14.8 Å². The zero-order chi connectivity index (χ0) is 21.5. The molecule has 0 fully saturated rings. The van der Waals surface area contributed by atoms with E-state index in [1.54, 1.807) is 30.3 Å². The first-order valence-corrected chi connectivity index (χ1v) is 10.7. The van der Waals surface area contributed by atoms with Gasteiger partial charge in [-0.1, -0.05) is 41.6 Å². The van der Waals surface area contributed by atoms with E-state index in [2.05, 4.69) is 22.1 Å². The first kappa shape index (κ1) is 21.9. The largest absolute Gasteiger partial charge is 0.486 e. The van der Waals surface area contributed by atoms with Crippen LogP contribution < -0.4 is 10.1 Å². The van der Waals surface area contributed by atoms with Gasteiger partial charge in [0.05, 0.1) is 5.75 Å². The lowest BCUT2D eigenvalue weighted by Crippen LogP contribution is -2.16. The molecule has 1 amide bonds. The number of amides is 1. The SMILES string of the molecule is C=CCn1c(COc2ccc(Cl)cc2)nnc1SCC(=O)Nc1cccc(C)c1C. The second kappa shape index (κ2) is 10.3. The highest BCUT2D eigenvalue weighted by molar-refractivity contribution is 7.99. The summed E-state index contributed by atoms with van der Waals surface area (Å²) >= 11 is 7.22. The Morgan fingerprint density at radius 2 is 2.00 bits per heavy atom. The van der Waals surface area contributed by atoms with Crippen molar-refractivity contribution in [3.63, 3.8) is 0 Å². The van der Waals surface area contributed by atoms with Gasteiger partial charge >= 0.3 is 0 Å². The topological polar surface area (TPSA) is 69.0 Å². The van der Waals surface area contributed by atoms with Crippen LogP contribution >= 0.6 is 23.4 Å². The van der Waals surface area contributed by atoms with Gasteiger partial charge in [0.1, 0.15) is 12.4 Å². The molecule has 0 saturated carbocycles. The van der Waals surface area contributed by atoms with Crippen molar-refractivity contribution >= 4 is 35.0 Å². The molecule has 8 heteroatoms. The van der Waals surface area contributed by atoms with Crippen LogP contribution in [-0.4, -0.2) is 26.4 Å². The lowest BCUT2D eigenvalue weighted by molar-refractivity contribution is -0.113. The molecule has 0 unspecified atom stereocenters. The molecule has 0 aliphatic carbocycles. The van der Waals surface area contributed by atoms with Crippen LogP contribution in [0, 0.1) is 13.8 Å². The van der Waals surface area contributed by atoms with E-state index in [0.29, 0.717) is 28.3 Å². The molecule has 1 N–H and O–H groups in total. The average molecular weight is 443 g/mol. The van der Waals surface area contributed by atoms with Crippen LogP contribution in [0.5, 0.6) is 5.75 Å². The van der Waals surface area contributed by atoms with Crippen LogP contribution in [0.25, 0.3) is 0 Å². The molecule has 3 aromatic rings. The van der Waals surface area contributed by atoms with Crippen molar-refractivity contribution < 1.29 is 9.53 Å². The van der Waals surface area contributed by atoms with Gasteiger partial charge in [-0.3, -0.25) is 9.36 Å². The first-order chi connectivity index (χ1) is 14.5. The number of aromatic nitrogens is 3. The van der Waals surface area contributed by atoms with Crippen LogP contribution in [-0.2, 0) is 17.9 Å². The number of hydrogen-bond acceptors (Lipinski definition) is 5. The summed E-state index contributed by atoms with van der Waals surface area (Å²) in [6, 6.07) is 13.0. The van der Waals surface area contributed by atoms with Crippen LogP contribution in [0.1, 0.15) is 17.0 Å². The Morgan fingerprint density at radius 1 is 1.23 bits per heavy atom. The van der Waals surface area contributed by atoms with Crippen LogP contribution in [0.3, 0.4) is 0 Å². The molecule has 30 heavy (non-hydrogen) atoms. The number of benzene rings is 2. The van der Waals surface area contributed by atoms with Gasteiger partial charge in [0, 0.05) is 17.3 Å². The summed E-state index contributed by atoms with van der Waals surface area (Å²) in [5.41, 5.74) is 3.02. The van der Waals surface area contributed by atoms with Crippen LogP contribution in [0.2, 0.25) is 5.02 Å². The third-order valence-corrected chi connectivity index (χ3v) is 5.72. The molecule has 2 aromatic carbocycles. The van der Waals surface area contributed by atoms with Crippen molar-refractivity contribution in [2.45, 2.75) is 32.2 Å². The molecule has 0 spiro atoms. The normalized spacial score (nSPS) is 10.6. The van der Waals surface area contributed by atoms with Crippen LogP contribution in [0.4, 0.5) is 5.69 Å². The maximum atomic E-state index is 12.4. The van der Waals surface area contributed by atoms with Gasteiger partial charge in [0.25, 0.3) is 0 Å². The predicted molar refractivity (Wildman–Crippen MR) is 121 cm³/mol. The molecule has 0 radical (unpaired) electrons. The molecule has 3 rings (SSSR count). The van der Waals surface area contributed by atoms with E-state index in [4.69, 9.17) is 16.3 Å². The van der Waals surface area contributed by atoms with E-state index in [-0.39, 0.29) is 18.3 Å². The Hall–Kier alpha value is -2.77. The van der Waals surface area contributed by atoms with Gasteiger partial charge in [0.15, 0.2) is 11.0 Å². The fourth-order valence-electron chi connectivity index (χ4n) is 2.73. The minimum atomic E-state index is -0.0965. The number of aryl methyl sites for hydroxylation is 1. The highest BCUT2D eigenvalue weighted by atomic mass is 35.5. The number of thioether (sulfide) groups is 1. The molecule has 156 valence electrons. The molecule has 0 saturated heterocycles. The standard InChI is InChI=1S/C22H23ClN4O2S/c1-4-12-27-20(13-29-18-10-8-17(23)9-11-18)25-26-22(27)30-14-21(28)24-19-7-5-6-15(2)16(19)3/h4-11H,1,12-14H2,2-3H3,(H,24,28). The number of carbonyl (C=O) groups excluding carboxylic acids is 1. The molecule has 0 bridgehead atoms. The van der Waals surface area contributed by atoms with Crippen molar-refractivity contribution in [1.29, 1.82) is 0 Å². The maximum Gasteiger partial charge on any atom is 0.234 e. The van der Waals surface area contributed by atoms with E-state index in [1.807, 2.05) is 36.6 Å². The summed E-state index contributed by atoms with van der Waals surface area (Å²) in [6.07, 6.45) is 1.76. The minimum absolute atomic E-state index is 0.0965. The number of nitrogens with one attached hydrogen (secondary N) is 1. The molecule has 0 aliphatic heterocycles. The molecular formula is C22H23ClN4O2S. The van der Waals surface area contributed by atoms with E-state index >= 15 is 0 Å². The smallest absolute Gasteiger partial charge is 0.234 e. The van der Waals surface area contributed by atoms with Crippen molar-refractivity contribution in [3.8, 4) is 5.75 Å². The highest BCUT2D eigenvalue weighted by Gasteiger charge is 2.15. The third kappa shape index (κ3) is 5.64. The summed E-state index contributed by atoms with van der Waals surface area (Å²) in [7, 11) is 0. The number of anilines is 1. The van der Waals surface area contributed by atoms with E-state index < -0.39 is 0 Å². The van der Waals surface area contributed by atoms with E-state index in [9.17, 15) is 4.79 Å². The summed E-state index contributed by atoms with van der Waals surface area (Å²) in [5.74, 6) is 1.47. The van der Waals surface area contributed by atoms with Crippen molar-refractivity contribution in [2.24, 2.45) is 0 Å². The number of hydrogen-bond donors (Lipinski definition) is 1. The second-order valence-electron chi connectivity index (χ2n) is 6.63. The maximum absolute atomic E-state index is 12.4. The quantitative estimate of drug-likeness (QED) is 0.371. The Bertz CT molecular complexity index is 1030. The highest BCUT2D eigenvalue weighted by Crippen LogP contribution is 2.22. The molecule has 6 nitrogen and oxygen atoms in total. The summed E-state index contributed by atoms with van der Waals surface area (Å²) < 4.78 is 7.66.